The van der Waals surface area contributed by atoms with Crippen LogP contribution >= 0.6 is 11.8 Å². The maximum atomic E-state index is 12.1. The van der Waals surface area contributed by atoms with Crippen LogP contribution in [-0.2, 0) is 9.59 Å². The van der Waals surface area contributed by atoms with Crippen LogP contribution in [0, 0.1) is 0 Å². The number of carbonyl (C=O) groups is 3. The van der Waals surface area contributed by atoms with E-state index in [2.05, 4.69) is 10.6 Å². The maximum absolute atomic E-state index is 12.1. The Balaban J connectivity index is 1.83. The molecule has 0 aliphatic heterocycles. The molecule has 0 fully saturated rings. The van der Waals surface area contributed by atoms with Crippen molar-refractivity contribution >= 4 is 40.7 Å². The number of rotatable bonds is 7. The van der Waals surface area contributed by atoms with Gasteiger partial charge in [-0.2, -0.15) is 0 Å². The molecule has 0 unspecified atom stereocenters. The third-order valence-electron chi connectivity index (χ3n) is 3.48. The highest BCUT2D eigenvalue weighted by molar-refractivity contribution is 7.98. The molecule has 0 saturated heterocycles. The third kappa shape index (κ3) is 6.08. The molecule has 0 aliphatic rings. The van der Waals surface area contributed by atoms with E-state index < -0.39 is 0 Å². The molecule has 2 amide bonds. The van der Waals surface area contributed by atoms with Gasteiger partial charge in [-0.05, 0) is 42.7 Å². The predicted octanol–water partition coefficient (Wildman–Crippen LogP) is 3.97. The van der Waals surface area contributed by atoms with Gasteiger partial charge in [-0.1, -0.05) is 12.1 Å². The number of amides is 2. The molecule has 2 aromatic rings. The summed E-state index contributed by atoms with van der Waals surface area (Å²) in [7, 11) is 0. The van der Waals surface area contributed by atoms with Crippen molar-refractivity contribution < 1.29 is 14.4 Å². The van der Waals surface area contributed by atoms with Gasteiger partial charge in [0.15, 0.2) is 5.78 Å². The van der Waals surface area contributed by atoms with Crippen LogP contribution in [0.5, 0.6) is 0 Å². The average molecular weight is 356 g/mol. The highest BCUT2D eigenvalue weighted by Crippen LogP contribution is 2.17. The van der Waals surface area contributed by atoms with Gasteiger partial charge in [0, 0.05) is 41.6 Å². The number of hydrogen-bond acceptors (Lipinski definition) is 4. The molecule has 2 N–H and O–H groups in total. The summed E-state index contributed by atoms with van der Waals surface area (Å²) >= 11 is 1.61. The average Bonchev–Trinajstić information content (AvgIpc) is 2.61. The van der Waals surface area contributed by atoms with Gasteiger partial charge in [0.05, 0.1) is 0 Å². The highest BCUT2D eigenvalue weighted by atomic mass is 32.2. The molecule has 0 aromatic heterocycles. The predicted molar refractivity (Wildman–Crippen MR) is 101 cm³/mol. The van der Waals surface area contributed by atoms with Crippen molar-refractivity contribution in [1.82, 2.24) is 0 Å². The molecular weight excluding hydrogens is 336 g/mol. The van der Waals surface area contributed by atoms with Crippen LogP contribution in [0.4, 0.5) is 11.4 Å². The lowest BCUT2D eigenvalue weighted by Gasteiger charge is -2.07. The first-order chi connectivity index (χ1) is 12.0. The molecule has 0 radical (unpaired) electrons. The van der Waals surface area contributed by atoms with Gasteiger partial charge in [0.25, 0.3) is 0 Å². The lowest BCUT2D eigenvalue weighted by atomic mass is 10.1. The quantitative estimate of drug-likeness (QED) is 0.581. The molecule has 0 saturated carbocycles. The first-order valence-corrected chi connectivity index (χ1v) is 9.05. The zero-order valence-electron chi connectivity index (χ0n) is 14.2. The molecule has 6 heteroatoms. The number of ketones is 1. The summed E-state index contributed by atoms with van der Waals surface area (Å²) in [6, 6.07) is 14.2. The van der Waals surface area contributed by atoms with E-state index in [0.717, 1.165) is 4.90 Å². The smallest absolute Gasteiger partial charge is 0.224 e. The third-order valence-corrected chi connectivity index (χ3v) is 4.22. The fraction of sp³-hybridized carbons (Fsp3) is 0.211. The minimum absolute atomic E-state index is 0.0520. The van der Waals surface area contributed by atoms with Gasteiger partial charge < -0.3 is 10.6 Å². The molecule has 130 valence electrons. The van der Waals surface area contributed by atoms with Gasteiger partial charge >= 0.3 is 0 Å². The Morgan fingerprint density at radius 3 is 1.92 bits per heavy atom. The lowest BCUT2D eigenvalue weighted by molar-refractivity contribution is -0.116. The van der Waals surface area contributed by atoms with Crippen molar-refractivity contribution in [2.45, 2.75) is 24.7 Å². The van der Waals surface area contributed by atoms with Crippen molar-refractivity contribution in [3.05, 3.63) is 54.1 Å². The summed E-state index contributed by atoms with van der Waals surface area (Å²) in [4.78, 5) is 36.2. The standard InChI is InChI=1S/C19H20N2O3S/c1-13(22)20-15-5-7-16(8-6-15)21-19(24)12-11-18(23)14-3-9-17(25-2)10-4-14/h3-10H,11-12H2,1-2H3,(H,20,22)(H,21,24). The Labute approximate surface area is 151 Å². The Kier molecular flexibility index (Phi) is 6.77. The summed E-state index contributed by atoms with van der Waals surface area (Å²) in [5.41, 5.74) is 1.90. The van der Waals surface area contributed by atoms with E-state index in [1.807, 2.05) is 18.4 Å². The van der Waals surface area contributed by atoms with Crippen molar-refractivity contribution in [3.8, 4) is 0 Å². The topological polar surface area (TPSA) is 75.3 Å². The van der Waals surface area contributed by atoms with Crippen molar-refractivity contribution in [1.29, 1.82) is 0 Å². The van der Waals surface area contributed by atoms with E-state index in [-0.39, 0.29) is 30.4 Å². The zero-order valence-corrected chi connectivity index (χ0v) is 15.0. The number of benzene rings is 2. The van der Waals surface area contributed by atoms with E-state index >= 15 is 0 Å². The highest BCUT2D eigenvalue weighted by Gasteiger charge is 2.10. The minimum atomic E-state index is -0.221. The molecule has 2 aromatic carbocycles. The Morgan fingerprint density at radius 2 is 1.40 bits per heavy atom. The number of Topliss-reactive ketones (excluding diaryl/α,β-unsaturated/α-hetero) is 1. The van der Waals surface area contributed by atoms with Crippen molar-refractivity contribution in [2.75, 3.05) is 16.9 Å². The fourth-order valence-electron chi connectivity index (χ4n) is 2.21. The number of carbonyl (C=O) groups excluding carboxylic acids is 3. The number of thioether (sulfide) groups is 1. The molecule has 0 bridgehead atoms. The lowest BCUT2D eigenvalue weighted by Crippen LogP contribution is -2.13. The number of nitrogens with one attached hydrogen (secondary N) is 2. The monoisotopic (exact) mass is 356 g/mol. The van der Waals surface area contributed by atoms with Crippen LogP contribution in [0.15, 0.2) is 53.4 Å². The largest absolute Gasteiger partial charge is 0.326 e. The van der Waals surface area contributed by atoms with Gasteiger partial charge in [0.1, 0.15) is 0 Å². The Morgan fingerprint density at radius 1 is 0.840 bits per heavy atom. The van der Waals surface area contributed by atoms with Crippen LogP contribution in [-0.4, -0.2) is 23.9 Å². The summed E-state index contributed by atoms with van der Waals surface area (Å²) < 4.78 is 0. The summed E-state index contributed by atoms with van der Waals surface area (Å²) in [5.74, 6) is -0.425. The van der Waals surface area contributed by atoms with Gasteiger partial charge in [-0.3, -0.25) is 14.4 Å². The van der Waals surface area contributed by atoms with Crippen LogP contribution in [0.25, 0.3) is 0 Å². The molecule has 0 heterocycles. The van der Waals surface area contributed by atoms with Crippen LogP contribution in [0.2, 0.25) is 0 Å². The molecule has 0 spiro atoms. The van der Waals surface area contributed by atoms with Crippen molar-refractivity contribution in [3.63, 3.8) is 0 Å². The van der Waals surface area contributed by atoms with E-state index in [0.29, 0.717) is 16.9 Å². The summed E-state index contributed by atoms with van der Waals surface area (Å²) in [6.07, 6.45) is 2.26. The molecule has 5 nitrogen and oxygen atoms in total. The Bertz CT molecular complexity index is 755. The fourth-order valence-corrected chi connectivity index (χ4v) is 2.62. The second-order valence-corrected chi connectivity index (χ2v) is 6.34. The minimum Gasteiger partial charge on any atom is -0.326 e. The number of hydrogen-bond donors (Lipinski definition) is 2. The SMILES string of the molecule is CSc1ccc(C(=O)CCC(=O)Nc2ccc(NC(C)=O)cc2)cc1. The van der Waals surface area contributed by atoms with E-state index in [9.17, 15) is 14.4 Å². The first kappa shape index (κ1) is 18.7. The van der Waals surface area contributed by atoms with Gasteiger partial charge in [0.2, 0.25) is 11.8 Å². The molecular formula is C19H20N2O3S. The van der Waals surface area contributed by atoms with E-state index in [1.54, 1.807) is 48.2 Å². The molecule has 2 rings (SSSR count). The van der Waals surface area contributed by atoms with E-state index in [1.165, 1.54) is 6.92 Å². The first-order valence-electron chi connectivity index (χ1n) is 7.82. The second-order valence-electron chi connectivity index (χ2n) is 5.46. The van der Waals surface area contributed by atoms with Crippen LogP contribution < -0.4 is 10.6 Å². The van der Waals surface area contributed by atoms with Gasteiger partial charge in [-0.15, -0.1) is 11.8 Å². The summed E-state index contributed by atoms with van der Waals surface area (Å²) in [5, 5.41) is 5.39. The zero-order chi connectivity index (χ0) is 18.2. The molecule has 0 aliphatic carbocycles. The van der Waals surface area contributed by atoms with Gasteiger partial charge in [-0.25, -0.2) is 0 Å². The normalized spacial score (nSPS) is 10.2. The van der Waals surface area contributed by atoms with Crippen molar-refractivity contribution in [2.24, 2.45) is 0 Å². The summed E-state index contributed by atoms with van der Waals surface area (Å²) in [6.45, 7) is 1.43. The Hall–Kier alpha value is -2.60. The molecule has 0 atom stereocenters. The molecule has 25 heavy (non-hydrogen) atoms. The number of anilines is 2. The van der Waals surface area contributed by atoms with Crippen LogP contribution in [0.1, 0.15) is 30.1 Å². The van der Waals surface area contributed by atoms with E-state index in [4.69, 9.17) is 0 Å². The second kappa shape index (κ2) is 9.03. The van der Waals surface area contributed by atoms with Crippen LogP contribution in [0.3, 0.4) is 0 Å². The maximum Gasteiger partial charge on any atom is 0.224 e.